The van der Waals surface area contributed by atoms with E-state index in [2.05, 4.69) is 10.6 Å². The molecule has 0 fully saturated rings. The third-order valence-corrected chi connectivity index (χ3v) is 3.10. The Labute approximate surface area is 129 Å². The number of rotatable bonds is 6. The van der Waals surface area contributed by atoms with E-state index in [1.807, 2.05) is 54.6 Å². The third-order valence-electron chi connectivity index (χ3n) is 3.10. The molecule has 0 radical (unpaired) electrons. The number of amides is 2. The Balaban J connectivity index is 1.83. The maximum atomic E-state index is 11.6. The molecule has 0 saturated heterocycles. The molecule has 0 heterocycles. The van der Waals surface area contributed by atoms with Gasteiger partial charge in [-0.25, -0.2) is 4.79 Å². The van der Waals surface area contributed by atoms with Crippen LogP contribution in [0.25, 0.3) is 11.1 Å². The molecule has 22 heavy (non-hydrogen) atoms. The van der Waals surface area contributed by atoms with Gasteiger partial charge in [-0.3, -0.25) is 4.79 Å². The van der Waals surface area contributed by atoms with Crippen molar-refractivity contribution in [1.29, 1.82) is 0 Å². The van der Waals surface area contributed by atoms with Crippen molar-refractivity contribution in [2.75, 3.05) is 11.9 Å². The summed E-state index contributed by atoms with van der Waals surface area (Å²) in [7, 11) is 0. The summed E-state index contributed by atoms with van der Waals surface area (Å²) in [6.07, 6.45) is 0.460. The molecule has 5 heteroatoms. The highest BCUT2D eigenvalue weighted by Crippen LogP contribution is 2.20. The van der Waals surface area contributed by atoms with Crippen LogP contribution in [0.15, 0.2) is 54.6 Å². The number of carboxylic acids is 1. The van der Waals surface area contributed by atoms with E-state index >= 15 is 0 Å². The van der Waals surface area contributed by atoms with Gasteiger partial charge in [-0.05, 0) is 29.7 Å². The number of carboxylic acid groups (broad SMARTS) is 1. The van der Waals surface area contributed by atoms with E-state index in [4.69, 9.17) is 5.11 Å². The van der Waals surface area contributed by atoms with Gasteiger partial charge in [-0.15, -0.1) is 0 Å². The Morgan fingerprint density at radius 1 is 0.909 bits per heavy atom. The minimum Gasteiger partial charge on any atom is -0.481 e. The molecule has 0 bridgehead atoms. The van der Waals surface area contributed by atoms with Gasteiger partial charge in [-0.2, -0.15) is 0 Å². The first-order valence-corrected chi connectivity index (χ1v) is 7.07. The van der Waals surface area contributed by atoms with E-state index in [-0.39, 0.29) is 12.5 Å². The van der Waals surface area contributed by atoms with Crippen molar-refractivity contribution in [2.24, 2.45) is 0 Å². The molecule has 2 aromatic carbocycles. The second kappa shape index (κ2) is 7.83. The van der Waals surface area contributed by atoms with Crippen molar-refractivity contribution in [1.82, 2.24) is 5.32 Å². The lowest BCUT2D eigenvalue weighted by molar-refractivity contribution is -0.137. The van der Waals surface area contributed by atoms with Crippen LogP contribution in [0.5, 0.6) is 0 Å². The molecule has 0 aliphatic rings. The number of benzene rings is 2. The third kappa shape index (κ3) is 4.94. The molecule has 2 rings (SSSR count). The number of hydrogen-bond acceptors (Lipinski definition) is 2. The number of carbonyl (C=O) groups is 2. The molecular formula is C17H18N2O3. The maximum absolute atomic E-state index is 11.6. The van der Waals surface area contributed by atoms with E-state index in [0.717, 1.165) is 11.1 Å². The van der Waals surface area contributed by atoms with Crippen molar-refractivity contribution in [3.8, 4) is 11.1 Å². The van der Waals surface area contributed by atoms with Gasteiger partial charge >= 0.3 is 12.0 Å². The van der Waals surface area contributed by atoms with Crippen molar-refractivity contribution >= 4 is 17.7 Å². The topological polar surface area (TPSA) is 78.4 Å². The molecule has 0 aromatic heterocycles. The Morgan fingerprint density at radius 3 is 2.18 bits per heavy atom. The van der Waals surface area contributed by atoms with E-state index in [0.29, 0.717) is 18.7 Å². The molecular weight excluding hydrogens is 280 g/mol. The number of nitrogens with one attached hydrogen (secondary N) is 2. The van der Waals surface area contributed by atoms with E-state index in [9.17, 15) is 9.59 Å². The monoisotopic (exact) mass is 298 g/mol. The van der Waals surface area contributed by atoms with Gasteiger partial charge in [0.05, 0.1) is 0 Å². The fraction of sp³-hybridized carbons (Fsp3) is 0.176. The molecule has 0 saturated carbocycles. The molecule has 0 atom stereocenters. The van der Waals surface area contributed by atoms with Gasteiger partial charge in [0, 0.05) is 18.7 Å². The number of urea groups is 1. The van der Waals surface area contributed by atoms with Gasteiger partial charge in [0.1, 0.15) is 0 Å². The Bertz CT molecular complexity index is 624. The molecule has 2 aromatic rings. The lowest BCUT2D eigenvalue weighted by Crippen LogP contribution is -2.29. The normalized spacial score (nSPS) is 10.0. The van der Waals surface area contributed by atoms with E-state index in [1.165, 1.54) is 0 Å². The van der Waals surface area contributed by atoms with Crippen LogP contribution >= 0.6 is 0 Å². The standard InChI is InChI=1S/C17H18N2O3/c20-16(21)7-4-12-18-17(22)19-15-10-8-14(9-11-15)13-5-2-1-3-6-13/h1-3,5-6,8-11H,4,7,12H2,(H,20,21)(H2,18,19,22). The zero-order valence-electron chi connectivity index (χ0n) is 12.1. The average Bonchev–Trinajstić information content (AvgIpc) is 2.53. The van der Waals surface area contributed by atoms with Gasteiger partial charge in [0.15, 0.2) is 0 Å². The predicted molar refractivity (Wildman–Crippen MR) is 85.8 cm³/mol. The minimum absolute atomic E-state index is 0.0477. The molecule has 5 nitrogen and oxygen atoms in total. The predicted octanol–water partition coefficient (Wildman–Crippen LogP) is 3.34. The minimum atomic E-state index is -0.862. The summed E-state index contributed by atoms with van der Waals surface area (Å²) >= 11 is 0. The van der Waals surface area contributed by atoms with E-state index < -0.39 is 5.97 Å². The van der Waals surface area contributed by atoms with Crippen LogP contribution in [0.1, 0.15) is 12.8 Å². The van der Waals surface area contributed by atoms with Gasteiger partial charge in [-0.1, -0.05) is 42.5 Å². The van der Waals surface area contributed by atoms with Crippen molar-refractivity contribution in [3.63, 3.8) is 0 Å². The molecule has 0 spiro atoms. The zero-order chi connectivity index (χ0) is 15.8. The van der Waals surface area contributed by atoms with Crippen LogP contribution in [-0.2, 0) is 4.79 Å². The number of aliphatic carboxylic acids is 1. The van der Waals surface area contributed by atoms with Crippen LogP contribution in [0, 0.1) is 0 Å². The first kappa shape index (κ1) is 15.6. The lowest BCUT2D eigenvalue weighted by atomic mass is 10.1. The maximum Gasteiger partial charge on any atom is 0.319 e. The average molecular weight is 298 g/mol. The highest BCUT2D eigenvalue weighted by atomic mass is 16.4. The van der Waals surface area contributed by atoms with E-state index in [1.54, 1.807) is 0 Å². The Hall–Kier alpha value is -2.82. The summed E-state index contributed by atoms with van der Waals surface area (Å²) in [6.45, 7) is 0.334. The number of anilines is 1. The summed E-state index contributed by atoms with van der Waals surface area (Å²) in [4.78, 5) is 22.0. The molecule has 0 unspecified atom stereocenters. The molecule has 0 aliphatic carbocycles. The van der Waals surface area contributed by atoms with Crippen molar-refractivity contribution < 1.29 is 14.7 Å². The molecule has 2 amide bonds. The summed E-state index contributed by atoms with van der Waals surface area (Å²) in [5.41, 5.74) is 2.88. The summed E-state index contributed by atoms with van der Waals surface area (Å²) in [5, 5.41) is 13.8. The molecule has 3 N–H and O–H groups in total. The fourth-order valence-corrected chi connectivity index (χ4v) is 1.99. The first-order chi connectivity index (χ1) is 10.6. The highest BCUT2D eigenvalue weighted by Gasteiger charge is 2.03. The molecule has 114 valence electrons. The molecule has 0 aliphatic heterocycles. The lowest BCUT2D eigenvalue weighted by Gasteiger charge is -2.08. The SMILES string of the molecule is O=C(O)CCCNC(=O)Nc1ccc(-c2ccccc2)cc1. The smallest absolute Gasteiger partial charge is 0.319 e. The van der Waals surface area contributed by atoms with Crippen LogP contribution in [0.4, 0.5) is 10.5 Å². The second-order valence-corrected chi connectivity index (χ2v) is 4.82. The zero-order valence-corrected chi connectivity index (χ0v) is 12.1. The first-order valence-electron chi connectivity index (χ1n) is 7.07. The van der Waals surface area contributed by atoms with Crippen LogP contribution < -0.4 is 10.6 Å². The van der Waals surface area contributed by atoms with Crippen LogP contribution in [-0.4, -0.2) is 23.7 Å². The summed E-state index contributed by atoms with van der Waals surface area (Å²) in [6, 6.07) is 17.2. The summed E-state index contributed by atoms with van der Waals surface area (Å²) in [5.74, 6) is -0.862. The van der Waals surface area contributed by atoms with Gasteiger partial charge in [0.25, 0.3) is 0 Å². The van der Waals surface area contributed by atoms with Gasteiger partial charge < -0.3 is 15.7 Å². The number of carbonyl (C=O) groups excluding carboxylic acids is 1. The Kier molecular flexibility index (Phi) is 5.54. The summed E-state index contributed by atoms with van der Waals surface area (Å²) < 4.78 is 0. The van der Waals surface area contributed by atoms with Crippen LogP contribution in [0.3, 0.4) is 0 Å². The largest absolute Gasteiger partial charge is 0.481 e. The van der Waals surface area contributed by atoms with Crippen molar-refractivity contribution in [2.45, 2.75) is 12.8 Å². The Morgan fingerprint density at radius 2 is 1.55 bits per heavy atom. The van der Waals surface area contributed by atoms with Crippen molar-refractivity contribution in [3.05, 3.63) is 54.6 Å². The van der Waals surface area contributed by atoms with Crippen LogP contribution in [0.2, 0.25) is 0 Å². The highest BCUT2D eigenvalue weighted by molar-refractivity contribution is 5.89. The second-order valence-electron chi connectivity index (χ2n) is 4.82. The fourth-order valence-electron chi connectivity index (χ4n) is 1.99. The quantitative estimate of drug-likeness (QED) is 0.716. The van der Waals surface area contributed by atoms with Gasteiger partial charge in [0.2, 0.25) is 0 Å². The number of hydrogen-bond donors (Lipinski definition) is 3.